The Morgan fingerprint density at radius 1 is 1.14 bits per heavy atom. The van der Waals surface area contributed by atoms with Crippen LogP contribution in [0.4, 0.5) is 5.69 Å². The zero-order valence-corrected chi connectivity index (χ0v) is 17.1. The van der Waals surface area contributed by atoms with Gasteiger partial charge in [-0.15, -0.1) is 0 Å². The number of hydrogen-bond donors (Lipinski definition) is 1. The van der Waals surface area contributed by atoms with Crippen molar-refractivity contribution in [1.29, 1.82) is 0 Å². The number of amides is 1. The number of anilines is 1. The van der Waals surface area contributed by atoms with Crippen LogP contribution < -0.4 is 14.2 Å². The van der Waals surface area contributed by atoms with Gasteiger partial charge in [-0.25, -0.2) is 8.42 Å². The first kappa shape index (κ1) is 19.6. The summed E-state index contributed by atoms with van der Waals surface area (Å²) in [6.07, 6.45) is 3.89. The van der Waals surface area contributed by atoms with Crippen LogP contribution in [0.1, 0.15) is 36.0 Å². The lowest BCUT2D eigenvalue weighted by atomic mass is 9.97. The minimum absolute atomic E-state index is 0.0854. The van der Waals surface area contributed by atoms with E-state index in [2.05, 4.69) is 4.72 Å². The third-order valence-corrected chi connectivity index (χ3v) is 6.79. The van der Waals surface area contributed by atoms with Crippen LogP contribution in [0.2, 0.25) is 0 Å². The summed E-state index contributed by atoms with van der Waals surface area (Å²) in [5.74, 6) is 0.834. The Morgan fingerprint density at radius 3 is 2.83 bits per heavy atom. The molecule has 7 nitrogen and oxygen atoms in total. The fourth-order valence-electron chi connectivity index (χ4n) is 3.90. The molecule has 2 aromatic rings. The number of carbonyl (C=O) groups is 1. The average Bonchev–Trinajstić information content (AvgIpc) is 2.73. The van der Waals surface area contributed by atoms with Gasteiger partial charge in [0.15, 0.2) is 0 Å². The molecule has 0 saturated carbocycles. The summed E-state index contributed by atoms with van der Waals surface area (Å²) in [4.78, 5) is 15.1. The summed E-state index contributed by atoms with van der Waals surface area (Å²) in [5.41, 5.74) is 0.708. The van der Waals surface area contributed by atoms with Gasteiger partial charge in [0, 0.05) is 30.8 Å². The van der Waals surface area contributed by atoms with Gasteiger partial charge < -0.3 is 14.4 Å². The number of fused-ring (bicyclic) bond motifs is 2. The lowest BCUT2D eigenvalue weighted by Gasteiger charge is -2.37. The lowest BCUT2D eigenvalue weighted by Crippen LogP contribution is -2.45. The molecule has 2 aliphatic rings. The summed E-state index contributed by atoms with van der Waals surface area (Å²) < 4.78 is 39.0. The maximum atomic E-state index is 13.1. The number of piperidine rings is 1. The van der Waals surface area contributed by atoms with Crippen LogP contribution in [-0.2, 0) is 10.0 Å². The predicted molar refractivity (Wildman–Crippen MR) is 109 cm³/mol. The number of rotatable bonds is 4. The molecule has 4 rings (SSSR count). The van der Waals surface area contributed by atoms with Crippen molar-refractivity contribution in [2.45, 2.75) is 36.6 Å². The highest BCUT2D eigenvalue weighted by atomic mass is 32.2. The first-order chi connectivity index (χ1) is 14.0. The van der Waals surface area contributed by atoms with E-state index >= 15 is 0 Å². The number of ether oxygens (including phenoxy) is 2. The number of nitrogens with one attached hydrogen (secondary N) is 1. The zero-order chi connectivity index (χ0) is 20.4. The second kappa shape index (κ2) is 7.94. The fraction of sp³-hybridized carbons (Fsp3) is 0.381. The molecule has 8 heteroatoms. The Balaban J connectivity index is 1.64. The van der Waals surface area contributed by atoms with Crippen molar-refractivity contribution >= 4 is 21.6 Å². The zero-order valence-electron chi connectivity index (χ0n) is 16.3. The van der Waals surface area contributed by atoms with E-state index in [1.807, 2.05) is 4.90 Å². The van der Waals surface area contributed by atoms with Gasteiger partial charge in [-0.3, -0.25) is 9.52 Å². The molecule has 0 radical (unpaired) electrons. The van der Waals surface area contributed by atoms with Gasteiger partial charge in [-0.1, -0.05) is 6.07 Å². The predicted octanol–water partition coefficient (Wildman–Crippen LogP) is 3.27. The fourth-order valence-corrected chi connectivity index (χ4v) is 4.98. The van der Waals surface area contributed by atoms with Crippen LogP contribution in [0.25, 0.3) is 0 Å². The van der Waals surface area contributed by atoms with Crippen molar-refractivity contribution in [3.05, 3.63) is 48.0 Å². The van der Waals surface area contributed by atoms with Gasteiger partial charge in [-0.05, 0) is 49.6 Å². The van der Waals surface area contributed by atoms with E-state index in [1.165, 1.54) is 19.2 Å². The largest absolute Gasteiger partial charge is 0.497 e. The number of sulfonamides is 1. The molecule has 1 unspecified atom stereocenters. The Labute approximate surface area is 170 Å². The van der Waals surface area contributed by atoms with Crippen molar-refractivity contribution in [2.75, 3.05) is 25.0 Å². The quantitative estimate of drug-likeness (QED) is 0.827. The molecule has 0 aromatic heterocycles. The molecule has 2 heterocycles. The standard InChI is InChI=1S/C21H24N2O5S/c1-27-17-6-4-7-18(14-17)29(25,26)22-15-8-9-20-19(13-15)21(24)23-11-3-2-5-16(23)10-12-28-20/h4,6-9,13-14,16,22H,2-3,5,10-12H2,1H3. The van der Waals surface area contributed by atoms with Crippen molar-refractivity contribution in [1.82, 2.24) is 4.90 Å². The normalized spacial score (nSPS) is 19.3. The molecule has 1 amide bonds. The summed E-state index contributed by atoms with van der Waals surface area (Å²) in [6.45, 7) is 1.26. The van der Waals surface area contributed by atoms with Gasteiger partial charge in [0.05, 0.1) is 24.2 Å². The Bertz CT molecular complexity index is 1020. The highest BCUT2D eigenvalue weighted by Gasteiger charge is 2.31. The number of hydrogen-bond acceptors (Lipinski definition) is 5. The van der Waals surface area contributed by atoms with Gasteiger partial charge in [0.25, 0.3) is 15.9 Å². The molecule has 0 bridgehead atoms. The molecule has 1 N–H and O–H groups in total. The summed E-state index contributed by atoms with van der Waals surface area (Å²) in [6, 6.07) is 11.2. The molecule has 154 valence electrons. The van der Waals surface area contributed by atoms with Crippen LogP contribution in [-0.4, -0.2) is 45.5 Å². The SMILES string of the molecule is COc1cccc(S(=O)(=O)Nc2ccc3c(c2)C(=O)N2CCCCC2CCO3)c1. The summed E-state index contributed by atoms with van der Waals surface area (Å²) in [5, 5.41) is 0. The molecule has 1 fully saturated rings. The van der Waals surface area contributed by atoms with Crippen LogP contribution in [0.3, 0.4) is 0 Å². The number of nitrogens with zero attached hydrogens (tertiary/aromatic N) is 1. The molecule has 0 aliphatic carbocycles. The monoisotopic (exact) mass is 416 g/mol. The first-order valence-corrected chi connectivity index (χ1v) is 11.2. The highest BCUT2D eigenvalue weighted by Crippen LogP contribution is 2.31. The third-order valence-electron chi connectivity index (χ3n) is 5.41. The topological polar surface area (TPSA) is 84.9 Å². The van der Waals surface area contributed by atoms with Crippen molar-refractivity contribution in [2.24, 2.45) is 0 Å². The van der Waals surface area contributed by atoms with Crippen molar-refractivity contribution in [3.8, 4) is 11.5 Å². The summed E-state index contributed by atoms with van der Waals surface area (Å²) in [7, 11) is -2.35. The molecule has 2 aliphatic heterocycles. The minimum atomic E-state index is -3.83. The van der Waals surface area contributed by atoms with Gasteiger partial charge >= 0.3 is 0 Å². The Kier molecular flexibility index (Phi) is 5.36. The minimum Gasteiger partial charge on any atom is -0.497 e. The molecule has 1 saturated heterocycles. The van der Waals surface area contributed by atoms with Crippen LogP contribution in [0.5, 0.6) is 11.5 Å². The van der Waals surface area contributed by atoms with E-state index in [-0.39, 0.29) is 16.8 Å². The van der Waals surface area contributed by atoms with E-state index in [0.29, 0.717) is 29.4 Å². The van der Waals surface area contributed by atoms with Crippen LogP contribution in [0.15, 0.2) is 47.4 Å². The van der Waals surface area contributed by atoms with Gasteiger partial charge in [0.1, 0.15) is 11.5 Å². The van der Waals surface area contributed by atoms with Crippen molar-refractivity contribution in [3.63, 3.8) is 0 Å². The average molecular weight is 416 g/mol. The maximum Gasteiger partial charge on any atom is 0.262 e. The Hall–Kier alpha value is -2.74. The van der Waals surface area contributed by atoms with E-state index in [1.54, 1.807) is 30.3 Å². The van der Waals surface area contributed by atoms with Gasteiger partial charge in [-0.2, -0.15) is 0 Å². The third kappa shape index (κ3) is 4.03. The Morgan fingerprint density at radius 2 is 2.00 bits per heavy atom. The van der Waals surface area contributed by atoms with E-state index in [0.717, 1.165) is 32.2 Å². The molecular weight excluding hydrogens is 392 g/mol. The number of methoxy groups -OCH3 is 1. The molecule has 1 atom stereocenters. The van der Waals surface area contributed by atoms with E-state index in [4.69, 9.17) is 9.47 Å². The maximum absolute atomic E-state index is 13.1. The van der Waals surface area contributed by atoms with Crippen LogP contribution >= 0.6 is 0 Å². The first-order valence-electron chi connectivity index (χ1n) is 9.72. The molecule has 2 aromatic carbocycles. The lowest BCUT2D eigenvalue weighted by molar-refractivity contribution is 0.0548. The van der Waals surface area contributed by atoms with Crippen molar-refractivity contribution < 1.29 is 22.7 Å². The molecular formula is C21H24N2O5S. The van der Waals surface area contributed by atoms with Gasteiger partial charge in [0.2, 0.25) is 0 Å². The van der Waals surface area contributed by atoms with E-state index < -0.39 is 10.0 Å². The molecule has 0 spiro atoms. The smallest absolute Gasteiger partial charge is 0.262 e. The number of carbonyl (C=O) groups excluding carboxylic acids is 1. The van der Waals surface area contributed by atoms with Crippen LogP contribution in [0, 0.1) is 0 Å². The second-order valence-electron chi connectivity index (χ2n) is 7.28. The molecule has 29 heavy (non-hydrogen) atoms. The summed E-state index contributed by atoms with van der Waals surface area (Å²) >= 11 is 0. The number of benzene rings is 2. The van der Waals surface area contributed by atoms with E-state index in [9.17, 15) is 13.2 Å². The highest BCUT2D eigenvalue weighted by molar-refractivity contribution is 7.92. The second-order valence-corrected chi connectivity index (χ2v) is 8.96.